The molecule has 3 heteroatoms. The van der Waals surface area contributed by atoms with Crippen molar-refractivity contribution in [3.8, 4) is 0 Å². The van der Waals surface area contributed by atoms with Gasteiger partial charge in [-0.25, -0.2) is 0 Å². The number of aromatic nitrogens is 3. The number of nitrogens with zero attached hydrogens (tertiary/aromatic N) is 3. The normalized spacial score (nSPS) is 11.6. The van der Waals surface area contributed by atoms with E-state index in [0.29, 0.717) is 0 Å². The van der Waals surface area contributed by atoms with Gasteiger partial charge in [-0.15, -0.1) is 0 Å². The smallest absolute Gasteiger partial charge is 0.0821 e. The fraction of sp³-hybridized carbons (Fsp3) is 0.167. The van der Waals surface area contributed by atoms with E-state index in [0.717, 1.165) is 49.8 Å². The molecule has 0 N–H and O–H groups in total. The predicted molar refractivity (Wildman–Crippen MR) is 86.6 cm³/mol. The van der Waals surface area contributed by atoms with Crippen LogP contribution in [0.4, 0.5) is 0 Å². The standard InChI is InChI=1S/C18H15N3/c1-10-4-7-13-16(19-10)14-8-5-11(2)21-18(14)15-9-6-12(3)20-17(13)15/h4-9H,1-3H3. The molecule has 3 heterocycles. The molecule has 0 amide bonds. The molecule has 21 heavy (non-hydrogen) atoms. The van der Waals surface area contributed by atoms with E-state index in [-0.39, 0.29) is 0 Å². The van der Waals surface area contributed by atoms with Crippen molar-refractivity contribution in [3.63, 3.8) is 0 Å². The molecule has 1 aromatic carbocycles. The third kappa shape index (κ3) is 1.77. The van der Waals surface area contributed by atoms with Gasteiger partial charge >= 0.3 is 0 Å². The van der Waals surface area contributed by atoms with Crippen LogP contribution in [0.25, 0.3) is 32.7 Å². The number of rotatable bonds is 0. The van der Waals surface area contributed by atoms with E-state index in [1.165, 1.54) is 0 Å². The van der Waals surface area contributed by atoms with Gasteiger partial charge in [0, 0.05) is 33.2 Å². The van der Waals surface area contributed by atoms with E-state index < -0.39 is 0 Å². The van der Waals surface area contributed by atoms with Gasteiger partial charge in [0.25, 0.3) is 0 Å². The Morgan fingerprint density at radius 2 is 0.762 bits per heavy atom. The SMILES string of the molecule is Cc1ccc2c(n1)c1ccc(C)nc1c1ccc(C)nc21. The molecule has 3 aromatic heterocycles. The lowest BCUT2D eigenvalue weighted by molar-refractivity contribution is 1.23. The first-order chi connectivity index (χ1) is 10.1. The van der Waals surface area contributed by atoms with Crippen molar-refractivity contribution in [2.75, 3.05) is 0 Å². The molecule has 0 bridgehead atoms. The molecule has 0 aliphatic carbocycles. The molecule has 0 atom stereocenters. The molecule has 0 saturated heterocycles. The van der Waals surface area contributed by atoms with E-state index >= 15 is 0 Å². The summed E-state index contributed by atoms with van der Waals surface area (Å²) in [6.45, 7) is 6.04. The highest BCUT2D eigenvalue weighted by atomic mass is 14.8. The molecule has 0 saturated carbocycles. The second-order valence-electron chi connectivity index (χ2n) is 5.55. The largest absolute Gasteiger partial charge is 0.252 e. The van der Waals surface area contributed by atoms with Crippen LogP contribution in [0.5, 0.6) is 0 Å². The average molecular weight is 273 g/mol. The van der Waals surface area contributed by atoms with Crippen molar-refractivity contribution in [2.24, 2.45) is 0 Å². The number of fused-ring (bicyclic) bond motifs is 6. The van der Waals surface area contributed by atoms with Crippen LogP contribution >= 0.6 is 0 Å². The van der Waals surface area contributed by atoms with Crippen molar-refractivity contribution in [1.82, 2.24) is 15.0 Å². The first-order valence-electron chi connectivity index (χ1n) is 7.07. The van der Waals surface area contributed by atoms with Gasteiger partial charge in [-0.05, 0) is 57.2 Å². The third-order valence-electron chi connectivity index (χ3n) is 3.87. The summed E-state index contributed by atoms with van der Waals surface area (Å²) in [5.74, 6) is 0. The van der Waals surface area contributed by atoms with Crippen molar-refractivity contribution in [1.29, 1.82) is 0 Å². The number of benzene rings is 1. The maximum Gasteiger partial charge on any atom is 0.0821 e. The zero-order valence-corrected chi connectivity index (χ0v) is 12.3. The van der Waals surface area contributed by atoms with Gasteiger partial charge in [0.05, 0.1) is 16.6 Å². The van der Waals surface area contributed by atoms with Crippen molar-refractivity contribution in [3.05, 3.63) is 53.5 Å². The zero-order valence-electron chi connectivity index (χ0n) is 12.3. The van der Waals surface area contributed by atoms with Crippen LogP contribution in [-0.2, 0) is 0 Å². The number of pyridine rings is 3. The highest BCUT2D eigenvalue weighted by molar-refractivity contribution is 6.21. The maximum atomic E-state index is 4.73. The second-order valence-corrected chi connectivity index (χ2v) is 5.55. The minimum atomic E-state index is 0.989. The Balaban J connectivity index is 2.39. The third-order valence-corrected chi connectivity index (χ3v) is 3.87. The van der Waals surface area contributed by atoms with Gasteiger partial charge in [-0.1, -0.05) is 0 Å². The number of aryl methyl sites for hydroxylation is 3. The second kappa shape index (κ2) is 4.22. The summed E-state index contributed by atoms with van der Waals surface area (Å²) in [6.07, 6.45) is 0. The van der Waals surface area contributed by atoms with E-state index in [1.807, 2.05) is 39.0 Å². The van der Waals surface area contributed by atoms with Crippen molar-refractivity contribution in [2.45, 2.75) is 20.8 Å². The summed E-state index contributed by atoms with van der Waals surface area (Å²) in [4.78, 5) is 14.2. The Kier molecular flexibility index (Phi) is 2.45. The van der Waals surface area contributed by atoms with Crippen molar-refractivity contribution >= 4 is 32.7 Å². The highest BCUT2D eigenvalue weighted by Gasteiger charge is 2.12. The number of hydrogen-bond donors (Lipinski definition) is 0. The highest BCUT2D eigenvalue weighted by Crippen LogP contribution is 2.32. The molecule has 0 aliphatic rings. The lowest BCUT2D eigenvalue weighted by atomic mass is 10.0. The van der Waals surface area contributed by atoms with Crippen LogP contribution in [0, 0.1) is 20.8 Å². The van der Waals surface area contributed by atoms with E-state index in [2.05, 4.69) is 18.2 Å². The van der Waals surface area contributed by atoms with Crippen LogP contribution < -0.4 is 0 Å². The lowest BCUT2D eigenvalue weighted by Gasteiger charge is -2.10. The van der Waals surface area contributed by atoms with Gasteiger partial charge < -0.3 is 0 Å². The van der Waals surface area contributed by atoms with Gasteiger partial charge in [0.15, 0.2) is 0 Å². The summed E-state index contributed by atoms with van der Waals surface area (Å²) in [7, 11) is 0. The van der Waals surface area contributed by atoms with E-state index in [9.17, 15) is 0 Å². The lowest BCUT2D eigenvalue weighted by Crippen LogP contribution is -1.93. The first-order valence-corrected chi connectivity index (χ1v) is 7.07. The van der Waals surface area contributed by atoms with Crippen LogP contribution in [-0.4, -0.2) is 15.0 Å². The molecule has 0 spiro atoms. The van der Waals surface area contributed by atoms with E-state index in [1.54, 1.807) is 0 Å². The molecular weight excluding hydrogens is 258 g/mol. The minimum Gasteiger partial charge on any atom is -0.252 e. The monoisotopic (exact) mass is 273 g/mol. The maximum absolute atomic E-state index is 4.73. The van der Waals surface area contributed by atoms with Gasteiger partial charge in [0.1, 0.15) is 0 Å². The number of hydrogen-bond acceptors (Lipinski definition) is 3. The Morgan fingerprint density at radius 3 is 1.05 bits per heavy atom. The molecule has 4 aromatic rings. The molecule has 102 valence electrons. The van der Waals surface area contributed by atoms with Gasteiger partial charge in [0.2, 0.25) is 0 Å². The summed E-state index contributed by atoms with van der Waals surface area (Å²) in [5, 5.41) is 3.28. The Bertz CT molecular complexity index is 856. The van der Waals surface area contributed by atoms with Gasteiger partial charge in [-0.2, -0.15) is 0 Å². The molecular formula is C18H15N3. The minimum absolute atomic E-state index is 0.989. The molecule has 4 rings (SSSR count). The summed E-state index contributed by atoms with van der Waals surface area (Å²) in [6, 6.07) is 12.5. The molecule has 0 fully saturated rings. The Labute approximate surface area is 122 Å². The summed E-state index contributed by atoms with van der Waals surface area (Å²) < 4.78 is 0. The van der Waals surface area contributed by atoms with Crippen molar-refractivity contribution < 1.29 is 0 Å². The first kappa shape index (κ1) is 12.2. The molecule has 0 aliphatic heterocycles. The van der Waals surface area contributed by atoms with Gasteiger partial charge in [-0.3, -0.25) is 15.0 Å². The fourth-order valence-electron chi connectivity index (χ4n) is 2.86. The molecule has 0 radical (unpaired) electrons. The quantitative estimate of drug-likeness (QED) is 0.449. The Morgan fingerprint density at radius 1 is 0.476 bits per heavy atom. The summed E-state index contributed by atoms with van der Waals surface area (Å²) >= 11 is 0. The van der Waals surface area contributed by atoms with Crippen LogP contribution in [0.2, 0.25) is 0 Å². The van der Waals surface area contributed by atoms with Crippen LogP contribution in [0.1, 0.15) is 17.1 Å². The molecule has 0 unspecified atom stereocenters. The molecule has 3 nitrogen and oxygen atoms in total. The van der Waals surface area contributed by atoms with E-state index in [4.69, 9.17) is 15.0 Å². The average Bonchev–Trinajstić information content (AvgIpc) is 2.46. The zero-order chi connectivity index (χ0) is 14.6. The topological polar surface area (TPSA) is 38.7 Å². The Hall–Kier alpha value is -2.55. The van der Waals surface area contributed by atoms with Crippen LogP contribution in [0.15, 0.2) is 36.4 Å². The predicted octanol–water partition coefficient (Wildman–Crippen LogP) is 4.26. The fourth-order valence-corrected chi connectivity index (χ4v) is 2.86. The summed E-state index contributed by atoms with van der Waals surface area (Å²) in [5.41, 5.74) is 6.00. The van der Waals surface area contributed by atoms with Crippen LogP contribution in [0.3, 0.4) is 0 Å².